The summed E-state index contributed by atoms with van der Waals surface area (Å²) in [7, 11) is 0. The average Bonchev–Trinajstić information content (AvgIpc) is 2.74. The third-order valence-corrected chi connectivity index (χ3v) is 6.83. The monoisotopic (exact) mass is 359 g/mol. The molecule has 1 nitrogen and oxygen atoms in total. The number of aryl methyl sites for hydroxylation is 2. The van der Waals surface area contributed by atoms with E-state index in [1.165, 1.54) is 79.6 Å². The number of benzene rings is 2. The molecule has 142 valence electrons. The second kappa shape index (κ2) is 8.44. The van der Waals surface area contributed by atoms with Gasteiger partial charge < -0.3 is 4.90 Å². The molecule has 0 aromatic heterocycles. The Labute approximate surface area is 165 Å². The predicted molar refractivity (Wildman–Crippen MR) is 116 cm³/mol. The van der Waals surface area contributed by atoms with Crippen molar-refractivity contribution in [2.75, 3.05) is 19.6 Å². The van der Waals surface area contributed by atoms with Crippen LogP contribution in [0.4, 0.5) is 0 Å². The van der Waals surface area contributed by atoms with E-state index in [1.807, 2.05) is 0 Å². The molecule has 2 aromatic carbocycles. The summed E-state index contributed by atoms with van der Waals surface area (Å²) in [5, 5.41) is 0. The first kappa shape index (κ1) is 18.5. The van der Waals surface area contributed by atoms with Crippen molar-refractivity contribution in [3.8, 4) is 0 Å². The van der Waals surface area contributed by atoms with E-state index in [9.17, 15) is 0 Å². The molecular formula is C26H33N. The summed E-state index contributed by atoms with van der Waals surface area (Å²) in [5.41, 5.74) is 7.34. The molecule has 1 aliphatic heterocycles. The molecule has 1 atom stereocenters. The van der Waals surface area contributed by atoms with E-state index in [2.05, 4.69) is 66.9 Å². The molecule has 0 bridgehead atoms. The Morgan fingerprint density at radius 1 is 1.00 bits per heavy atom. The van der Waals surface area contributed by atoms with Gasteiger partial charge in [-0.25, -0.2) is 0 Å². The first-order chi connectivity index (χ1) is 13.2. The standard InChI is InChI=1S/C26H33N/c1-3-21-9-12-26-20(2)22(10-11-25(26)19-21)13-16-27-17-14-24(15-18-27)23-7-5-4-6-8-23/h4-9,12,19,22,24H,2-3,10-11,13-18H2,1H3. The van der Waals surface area contributed by atoms with Gasteiger partial charge in [0.25, 0.3) is 0 Å². The maximum absolute atomic E-state index is 4.49. The van der Waals surface area contributed by atoms with Crippen molar-refractivity contribution in [1.82, 2.24) is 4.90 Å². The Bertz CT molecular complexity index is 768. The quantitative estimate of drug-likeness (QED) is 0.624. The molecule has 1 heteroatoms. The van der Waals surface area contributed by atoms with Crippen LogP contribution in [0.1, 0.15) is 60.8 Å². The fraction of sp³-hybridized carbons (Fsp3) is 0.462. The highest BCUT2D eigenvalue weighted by molar-refractivity contribution is 5.70. The summed E-state index contributed by atoms with van der Waals surface area (Å²) in [6, 6.07) is 18.1. The number of piperidine rings is 1. The van der Waals surface area contributed by atoms with Gasteiger partial charge >= 0.3 is 0 Å². The van der Waals surface area contributed by atoms with Crippen molar-refractivity contribution in [3.05, 3.63) is 77.4 Å². The third kappa shape index (κ3) is 4.19. The Balaban J connectivity index is 1.29. The molecule has 1 aliphatic carbocycles. The Kier molecular flexibility index (Phi) is 5.78. The summed E-state index contributed by atoms with van der Waals surface area (Å²) in [6.45, 7) is 10.4. The van der Waals surface area contributed by atoms with E-state index >= 15 is 0 Å². The highest BCUT2D eigenvalue weighted by Gasteiger charge is 2.25. The maximum atomic E-state index is 4.49. The number of hydrogen-bond acceptors (Lipinski definition) is 1. The van der Waals surface area contributed by atoms with Gasteiger partial charge in [-0.2, -0.15) is 0 Å². The second-order valence-electron chi connectivity index (χ2n) is 8.42. The van der Waals surface area contributed by atoms with Crippen LogP contribution in [0.2, 0.25) is 0 Å². The minimum atomic E-state index is 0.664. The van der Waals surface area contributed by atoms with Gasteiger partial charge in [-0.15, -0.1) is 0 Å². The van der Waals surface area contributed by atoms with Crippen LogP contribution in [0.5, 0.6) is 0 Å². The van der Waals surface area contributed by atoms with Gasteiger partial charge in [0, 0.05) is 0 Å². The van der Waals surface area contributed by atoms with Gasteiger partial charge in [-0.1, -0.05) is 62.0 Å². The highest BCUT2D eigenvalue weighted by atomic mass is 15.1. The van der Waals surface area contributed by atoms with Crippen molar-refractivity contribution < 1.29 is 0 Å². The van der Waals surface area contributed by atoms with E-state index in [0.717, 1.165) is 12.3 Å². The van der Waals surface area contributed by atoms with E-state index in [-0.39, 0.29) is 0 Å². The number of rotatable bonds is 5. The van der Waals surface area contributed by atoms with Crippen molar-refractivity contribution in [3.63, 3.8) is 0 Å². The molecular weight excluding hydrogens is 326 g/mol. The normalized spacial score (nSPS) is 21.2. The fourth-order valence-corrected chi connectivity index (χ4v) is 4.98. The first-order valence-electron chi connectivity index (χ1n) is 10.8. The van der Waals surface area contributed by atoms with Gasteiger partial charge in [-0.05, 0) is 97.8 Å². The highest BCUT2D eigenvalue weighted by Crippen LogP contribution is 2.37. The topological polar surface area (TPSA) is 3.24 Å². The zero-order chi connectivity index (χ0) is 18.6. The van der Waals surface area contributed by atoms with E-state index in [0.29, 0.717) is 5.92 Å². The molecule has 0 N–H and O–H groups in total. The van der Waals surface area contributed by atoms with Crippen molar-refractivity contribution in [2.24, 2.45) is 5.92 Å². The molecule has 4 rings (SSSR count). The Hall–Kier alpha value is -1.86. The summed E-state index contributed by atoms with van der Waals surface area (Å²) < 4.78 is 0. The van der Waals surface area contributed by atoms with Gasteiger partial charge in [-0.3, -0.25) is 0 Å². The summed E-state index contributed by atoms with van der Waals surface area (Å²) >= 11 is 0. The van der Waals surface area contributed by atoms with Gasteiger partial charge in [0.05, 0.1) is 0 Å². The summed E-state index contributed by atoms with van der Waals surface area (Å²) in [4.78, 5) is 2.68. The zero-order valence-corrected chi connectivity index (χ0v) is 16.8. The van der Waals surface area contributed by atoms with Crippen molar-refractivity contribution in [2.45, 2.75) is 51.4 Å². The molecule has 27 heavy (non-hydrogen) atoms. The largest absolute Gasteiger partial charge is 0.303 e. The number of allylic oxidation sites excluding steroid dienone is 1. The smallest absolute Gasteiger partial charge is 0.00129 e. The predicted octanol–water partition coefficient (Wildman–Crippen LogP) is 6.09. The number of hydrogen-bond donors (Lipinski definition) is 0. The third-order valence-electron chi connectivity index (χ3n) is 6.83. The minimum Gasteiger partial charge on any atom is -0.303 e. The van der Waals surface area contributed by atoms with E-state index in [1.54, 1.807) is 0 Å². The van der Waals surface area contributed by atoms with Crippen molar-refractivity contribution in [1.29, 1.82) is 0 Å². The second-order valence-corrected chi connectivity index (χ2v) is 8.42. The van der Waals surface area contributed by atoms with Crippen LogP contribution in [0, 0.1) is 5.92 Å². The lowest BCUT2D eigenvalue weighted by Crippen LogP contribution is -2.34. The molecule has 0 amide bonds. The Morgan fingerprint density at radius 3 is 2.52 bits per heavy atom. The van der Waals surface area contributed by atoms with Gasteiger partial charge in [0.1, 0.15) is 0 Å². The summed E-state index contributed by atoms with van der Waals surface area (Å²) in [5.74, 6) is 1.42. The molecule has 0 spiro atoms. The van der Waals surface area contributed by atoms with E-state index < -0.39 is 0 Å². The number of fused-ring (bicyclic) bond motifs is 1. The van der Waals surface area contributed by atoms with Crippen LogP contribution in [0.25, 0.3) is 5.57 Å². The van der Waals surface area contributed by atoms with Crippen LogP contribution >= 0.6 is 0 Å². The van der Waals surface area contributed by atoms with Gasteiger partial charge in [0.15, 0.2) is 0 Å². The molecule has 2 aromatic rings. The Morgan fingerprint density at radius 2 is 1.78 bits per heavy atom. The lowest BCUT2D eigenvalue weighted by Gasteiger charge is -2.34. The lowest BCUT2D eigenvalue weighted by molar-refractivity contribution is 0.202. The molecule has 0 radical (unpaired) electrons. The zero-order valence-electron chi connectivity index (χ0n) is 16.8. The van der Waals surface area contributed by atoms with Crippen LogP contribution < -0.4 is 0 Å². The molecule has 1 saturated heterocycles. The first-order valence-corrected chi connectivity index (χ1v) is 10.8. The molecule has 1 unspecified atom stereocenters. The molecule has 0 saturated carbocycles. The van der Waals surface area contributed by atoms with Crippen LogP contribution in [-0.4, -0.2) is 24.5 Å². The number of nitrogens with zero attached hydrogens (tertiary/aromatic N) is 1. The number of likely N-dealkylation sites (tertiary alicyclic amines) is 1. The van der Waals surface area contributed by atoms with E-state index in [4.69, 9.17) is 0 Å². The van der Waals surface area contributed by atoms with Crippen LogP contribution in [0.15, 0.2) is 55.1 Å². The van der Waals surface area contributed by atoms with Crippen LogP contribution in [0.3, 0.4) is 0 Å². The molecule has 1 heterocycles. The summed E-state index contributed by atoms with van der Waals surface area (Å²) in [6.07, 6.45) is 7.50. The van der Waals surface area contributed by atoms with Gasteiger partial charge in [0.2, 0.25) is 0 Å². The molecule has 2 aliphatic rings. The SMILES string of the molecule is C=C1c2ccc(CC)cc2CCC1CCN1CCC(c2ccccc2)CC1. The minimum absolute atomic E-state index is 0.664. The average molecular weight is 360 g/mol. The van der Waals surface area contributed by atoms with Crippen LogP contribution in [-0.2, 0) is 12.8 Å². The maximum Gasteiger partial charge on any atom is -0.00129 e. The van der Waals surface area contributed by atoms with Crippen molar-refractivity contribution >= 4 is 5.57 Å². The lowest BCUT2D eigenvalue weighted by atomic mass is 9.78. The fourth-order valence-electron chi connectivity index (χ4n) is 4.98. The molecule has 1 fully saturated rings.